The Morgan fingerprint density at radius 3 is 2.42 bits per heavy atom. The van der Waals surface area contributed by atoms with Crippen molar-refractivity contribution in [2.45, 2.75) is 52.4 Å². The predicted octanol–water partition coefficient (Wildman–Crippen LogP) is 2.86. The zero-order valence-corrected chi connectivity index (χ0v) is 13.6. The standard InChI is InChI=1S/C15H31NO2S/c1-4-6-13-7-8-15(12-16-3)14(11-13)9-10-19(17,18)5-2/h13-16H,4-12H2,1-3H3. The molecule has 1 fully saturated rings. The summed E-state index contributed by atoms with van der Waals surface area (Å²) in [5, 5.41) is 3.28. The van der Waals surface area contributed by atoms with E-state index in [-0.39, 0.29) is 5.75 Å². The molecule has 4 heteroatoms. The van der Waals surface area contributed by atoms with E-state index in [0.717, 1.165) is 18.9 Å². The van der Waals surface area contributed by atoms with Crippen LogP contribution in [0.15, 0.2) is 0 Å². The van der Waals surface area contributed by atoms with Gasteiger partial charge in [-0.05, 0) is 50.6 Å². The van der Waals surface area contributed by atoms with Crippen molar-refractivity contribution in [1.29, 1.82) is 0 Å². The third-order valence-corrected chi connectivity index (χ3v) is 6.39. The maximum absolute atomic E-state index is 11.7. The van der Waals surface area contributed by atoms with Crippen molar-refractivity contribution in [2.24, 2.45) is 17.8 Å². The Morgan fingerprint density at radius 2 is 1.84 bits per heavy atom. The second kappa shape index (κ2) is 8.25. The van der Waals surface area contributed by atoms with Crippen LogP contribution in [-0.2, 0) is 9.84 Å². The van der Waals surface area contributed by atoms with E-state index in [1.54, 1.807) is 6.92 Å². The van der Waals surface area contributed by atoms with Crippen LogP contribution in [0.3, 0.4) is 0 Å². The van der Waals surface area contributed by atoms with Gasteiger partial charge in [0.1, 0.15) is 9.84 Å². The highest BCUT2D eigenvalue weighted by Crippen LogP contribution is 2.37. The van der Waals surface area contributed by atoms with Gasteiger partial charge >= 0.3 is 0 Å². The van der Waals surface area contributed by atoms with Crippen LogP contribution >= 0.6 is 0 Å². The molecule has 0 amide bonds. The largest absolute Gasteiger partial charge is 0.319 e. The molecule has 0 bridgehead atoms. The first-order chi connectivity index (χ1) is 9.02. The predicted molar refractivity (Wildman–Crippen MR) is 82.1 cm³/mol. The van der Waals surface area contributed by atoms with Crippen molar-refractivity contribution in [3.8, 4) is 0 Å². The van der Waals surface area contributed by atoms with E-state index in [9.17, 15) is 8.42 Å². The highest BCUT2D eigenvalue weighted by atomic mass is 32.2. The topological polar surface area (TPSA) is 46.2 Å². The van der Waals surface area contributed by atoms with Crippen molar-refractivity contribution < 1.29 is 8.42 Å². The molecular weight excluding hydrogens is 258 g/mol. The minimum atomic E-state index is -2.81. The summed E-state index contributed by atoms with van der Waals surface area (Å²) in [6.45, 7) is 5.03. The third-order valence-electron chi connectivity index (χ3n) is 4.65. The molecule has 3 nitrogen and oxygen atoms in total. The van der Waals surface area contributed by atoms with Crippen molar-refractivity contribution >= 4 is 9.84 Å². The Morgan fingerprint density at radius 1 is 1.11 bits per heavy atom. The SMILES string of the molecule is CCCC1CCC(CNC)C(CCS(=O)(=O)CC)C1. The van der Waals surface area contributed by atoms with Crippen LogP contribution in [0.2, 0.25) is 0 Å². The summed E-state index contributed by atoms with van der Waals surface area (Å²) in [6.07, 6.45) is 7.26. The first kappa shape index (κ1) is 17.0. The maximum Gasteiger partial charge on any atom is 0.150 e. The molecule has 0 radical (unpaired) electrons. The lowest BCUT2D eigenvalue weighted by Crippen LogP contribution is -2.33. The highest BCUT2D eigenvalue weighted by molar-refractivity contribution is 7.91. The second-order valence-electron chi connectivity index (χ2n) is 6.07. The van der Waals surface area contributed by atoms with Crippen LogP contribution < -0.4 is 5.32 Å². The van der Waals surface area contributed by atoms with Gasteiger partial charge < -0.3 is 5.32 Å². The summed E-state index contributed by atoms with van der Waals surface area (Å²) in [5.74, 6) is 2.76. The number of sulfone groups is 1. The molecule has 0 saturated heterocycles. The summed E-state index contributed by atoms with van der Waals surface area (Å²) >= 11 is 0. The molecule has 0 aliphatic heterocycles. The van der Waals surface area contributed by atoms with Gasteiger partial charge in [0.2, 0.25) is 0 Å². The quantitative estimate of drug-likeness (QED) is 0.747. The summed E-state index contributed by atoms with van der Waals surface area (Å²) < 4.78 is 23.4. The van der Waals surface area contributed by atoms with Crippen LogP contribution in [0.4, 0.5) is 0 Å². The van der Waals surface area contributed by atoms with E-state index in [4.69, 9.17) is 0 Å². The molecule has 1 saturated carbocycles. The van der Waals surface area contributed by atoms with E-state index in [0.29, 0.717) is 17.6 Å². The number of rotatable bonds is 8. The Labute approximate surface area is 119 Å². The van der Waals surface area contributed by atoms with Gasteiger partial charge in [-0.2, -0.15) is 0 Å². The summed E-state index contributed by atoms with van der Waals surface area (Å²) in [4.78, 5) is 0. The molecule has 0 aromatic carbocycles. The van der Waals surface area contributed by atoms with Gasteiger partial charge in [0.15, 0.2) is 0 Å². The zero-order valence-electron chi connectivity index (χ0n) is 12.8. The van der Waals surface area contributed by atoms with Gasteiger partial charge in [-0.15, -0.1) is 0 Å². The van der Waals surface area contributed by atoms with Crippen molar-refractivity contribution in [2.75, 3.05) is 25.1 Å². The highest BCUT2D eigenvalue weighted by Gasteiger charge is 2.30. The van der Waals surface area contributed by atoms with Gasteiger partial charge in [-0.3, -0.25) is 0 Å². The van der Waals surface area contributed by atoms with Gasteiger partial charge in [-0.25, -0.2) is 8.42 Å². The molecule has 0 aromatic rings. The van der Waals surface area contributed by atoms with Crippen molar-refractivity contribution in [1.82, 2.24) is 5.32 Å². The monoisotopic (exact) mass is 289 g/mol. The second-order valence-corrected chi connectivity index (χ2v) is 8.54. The van der Waals surface area contributed by atoms with Crippen LogP contribution in [0.1, 0.15) is 52.4 Å². The van der Waals surface area contributed by atoms with E-state index >= 15 is 0 Å². The Bertz CT molecular complexity index is 340. The fraction of sp³-hybridized carbons (Fsp3) is 1.00. The van der Waals surface area contributed by atoms with E-state index in [1.807, 2.05) is 7.05 Å². The minimum Gasteiger partial charge on any atom is -0.319 e. The molecule has 3 unspecified atom stereocenters. The summed E-state index contributed by atoms with van der Waals surface area (Å²) in [7, 11) is -0.809. The molecule has 0 heterocycles. The average molecular weight is 289 g/mol. The van der Waals surface area contributed by atoms with E-state index in [2.05, 4.69) is 12.2 Å². The lowest BCUT2D eigenvalue weighted by molar-refractivity contribution is 0.166. The number of hydrogen-bond donors (Lipinski definition) is 1. The van der Waals surface area contributed by atoms with Crippen LogP contribution in [0.5, 0.6) is 0 Å². The lowest BCUT2D eigenvalue weighted by atomic mass is 9.71. The van der Waals surface area contributed by atoms with Crippen LogP contribution in [0, 0.1) is 17.8 Å². The van der Waals surface area contributed by atoms with Gasteiger partial charge in [-0.1, -0.05) is 33.1 Å². The number of nitrogens with one attached hydrogen (secondary N) is 1. The Kier molecular flexibility index (Phi) is 7.37. The van der Waals surface area contributed by atoms with Crippen molar-refractivity contribution in [3.05, 3.63) is 0 Å². The molecule has 1 N–H and O–H groups in total. The fourth-order valence-electron chi connectivity index (χ4n) is 3.45. The molecule has 0 aromatic heterocycles. The van der Waals surface area contributed by atoms with Crippen LogP contribution in [-0.4, -0.2) is 33.5 Å². The molecule has 0 spiro atoms. The molecule has 114 valence electrons. The summed E-state index contributed by atoms with van der Waals surface area (Å²) in [5.41, 5.74) is 0. The molecule has 1 aliphatic carbocycles. The van der Waals surface area contributed by atoms with Gasteiger partial charge in [0, 0.05) is 5.75 Å². The minimum absolute atomic E-state index is 0.287. The normalized spacial score (nSPS) is 28.5. The molecule has 19 heavy (non-hydrogen) atoms. The Hall–Kier alpha value is -0.0900. The smallest absolute Gasteiger partial charge is 0.150 e. The maximum atomic E-state index is 11.7. The molecule has 3 atom stereocenters. The van der Waals surface area contributed by atoms with E-state index < -0.39 is 9.84 Å². The number of hydrogen-bond acceptors (Lipinski definition) is 3. The van der Waals surface area contributed by atoms with Crippen molar-refractivity contribution in [3.63, 3.8) is 0 Å². The average Bonchev–Trinajstić information content (AvgIpc) is 2.39. The molecular formula is C15H31NO2S. The van der Waals surface area contributed by atoms with Gasteiger partial charge in [0.25, 0.3) is 0 Å². The fourth-order valence-corrected chi connectivity index (χ4v) is 4.40. The Balaban J connectivity index is 2.56. The third kappa shape index (κ3) is 5.82. The molecule has 1 rings (SSSR count). The first-order valence-corrected chi connectivity index (χ1v) is 9.69. The first-order valence-electron chi connectivity index (χ1n) is 7.87. The van der Waals surface area contributed by atoms with E-state index in [1.165, 1.54) is 32.1 Å². The summed E-state index contributed by atoms with van der Waals surface area (Å²) in [6, 6.07) is 0. The van der Waals surface area contributed by atoms with Crippen LogP contribution in [0.25, 0.3) is 0 Å². The molecule has 1 aliphatic rings. The lowest BCUT2D eigenvalue weighted by Gasteiger charge is -2.36. The zero-order chi connectivity index (χ0) is 14.3. The van der Waals surface area contributed by atoms with Gasteiger partial charge in [0.05, 0.1) is 5.75 Å².